The molecule has 2 aliphatic heterocycles. The first-order chi connectivity index (χ1) is 10.5. The number of imide groups is 1. The molecule has 0 bridgehead atoms. The van der Waals surface area contributed by atoms with Crippen molar-refractivity contribution in [1.82, 2.24) is 20.4 Å². The molecule has 2 atom stereocenters. The minimum atomic E-state index is -0.544. The minimum absolute atomic E-state index is 0.341. The molecular weight excluding hydrogens is 306 g/mol. The molecule has 116 valence electrons. The smallest absolute Gasteiger partial charge is 0.325 e. The monoisotopic (exact) mass is 321 g/mol. The number of carbonyl (C=O) groups excluding carboxylic acids is 2. The van der Waals surface area contributed by atoms with E-state index >= 15 is 0 Å². The van der Waals surface area contributed by atoms with Crippen LogP contribution in [-0.4, -0.2) is 54.0 Å². The van der Waals surface area contributed by atoms with Gasteiger partial charge in [0.25, 0.3) is 5.91 Å². The van der Waals surface area contributed by atoms with Crippen LogP contribution in [0.2, 0.25) is 5.02 Å². The number of likely N-dealkylation sites (N-methyl/N-ethyl adjacent to an activating group) is 1. The van der Waals surface area contributed by atoms with Crippen LogP contribution in [0.15, 0.2) is 29.3 Å². The summed E-state index contributed by atoms with van der Waals surface area (Å²) in [6.45, 7) is 0.427. The lowest BCUT2D eigenvalue weighted by Crippen LogP contribution is -2.64. The Morgan fingerprint density at radius 1 is 1.32 bits per heavy atom. The van der Waals surface area contributed by atoms with Crippen molar-refractivity contribution in [3.8, 4) is 0 Å². The van der Waals surface area contributed by atoms with Gasteiger partial charge in [0.1, 0.15) is 6.17 Å². The summed E-state index contributed by atoms with van der Waals surface area (Å²) in [5.41, 5.74) is 0.889. The Morgan fingerprint density at radius 3 is 2.73 bits per heavy atom. The van der Waals surface area contributed by atoms with Crippen molar-refractivity contribution in [2.45, 2.75) is 18.8 Å². The van der Waals surface area contributed by atoms with Crippen LogP contribution in [0.5, 0.6) is 0 Å². The Balaban J connectivity index is 1.94. The standard InChI is InChI=1S/C14H16ClN5O2/c1-16-13-17-11-10(12(21)18-14(22)19(11)2)20(13)7-8-5-3-4-6-9(8)15/h3-6,10-11H,7H2,1-2H3,(H,16,17)(H,18,21,22). The van der Waals surface area contributed by atoms with Gasteiger partial charge in [0.2, 0.25) is 0 Å². The van der Waals surface area contributed by atoms with E-state index in [1.807, 2.05) is 23.1 Å². The van der Waals surface area contributed by atoms with Crippen molar-refractivity contribution < 1.29 is 9.59 Å². The third kappa shape index (κ3) is 2.27. The fourth-order valence-electron chi connectivity index (χ4n) is 2.76. The highest BCUT2D eigenvalue weighted by atomic mass is 35.5. The van der Waals surface area contributed by atoms with Crippen LogP contribution in [0.3, 0.4) is 0 Å². The number of aliphatic imine (C=N–C) groups is 1. The number of benzene rings is 1. The van der Waals surface area contributed by atoms with Gasteiger partial charge in [0.15, 0.2) is 12.0 Å². The second-order valence-corrected chi connectivity index (χ2v) is 5.61. The summed E-state index contributed by atoms with van der Waals surface area (Å²) in [6, 6.07) is 6.48. The van der Waals surface area contributed by atoms with Gasteiger partial charge in [-0.25, -0.2) is 4.79 Å². The maximum atomic E-state index is 12.3. The highest BCUT2D eigenvalue weighted by molar-refractivity contribution is 6.31. The van der Waals surface area contributed by atoms with Gasteiger partial charge in [-0.15, -0.1) is 0 Å². The van der Waals surface area contributed by atoms with Gasteiger partial charge >= 0.3 is 6.03 Å². The number of fused-ring (bicyclic) bond motifs is 1. The molecule has 0 radical (unpaired) electrons. The molecule has 2 fully saturated rings. The number of amides is 3. The van der Waals surface area contributed by atoms with Crippen molar-refractivity contribution in [2.75, 3.05) is 14.1 Å². The molecule has 0 saturated carbocycles. The molecule has 2 heterocycles. The van der Waals surface area contributed by atoms with Gasteiger partial charge in [-0.05, 0) is 11.6 Å². The molecule has 8 heteroatoms. The Hall–Kier alpha value is -2.28. The predicted octanol–water partition coefficient (Wildman–Crippen LogP) is 0.607. The Morgan fingerprint density at radius 2 is 2.05 bits per heavy atom. The highest BCUT2D eigenvalue weighted by Crippen LogP contribution is 2.25. The summed E-state index contributed by atoms with van der Waals surface area (Å²) in [4.78, 5) is 31.5. The van der Waals surface area contributed by atoms with Crippen LogP contribution >= 0.6 is 11.6 Å². The number of guanidine groups is 1. The summed E-state index contributed by atoms with van der Waals surface area (Å²) in [6.07, 6.45) is -0.442. The molecule has 2 unspecified atom stereocenters. The number of carbonyl (C=O) groups is 2. The SMILES string of the molecule is CN=C1NC2C(C(=O)NC(=O)N2C)N1Cc1ccccc1Cl. The highest BCUT2D eigenvalue weighted by Gasteiger charge is 2.49. The van der Waals surface area contributed by atoms with E-state index in [1.165, 1.54) is 4.90 Å². The summed E-state index contributed by atoms with van der Waals surface area (Å²) < 4.78 is 0. The second-order valence-electron chi connectivity index (χ2n) is 5.21. The van der Waals surface area contributed by atoms with Crippen molar-refractivity contribution in [3.05, 3.63) is 34.9 Å². The molecule has 7 nitrogen and oxygen atoms in total. The van der Waals surface area contributed by atoms with Gasteiger partial charge < -0.3 is 15.1 Å². The molecule has 0 spiro atoms. The van der Waals surface area contributed by atoms with Gasteiger partial charge in [0, 0.05) is 25.7 Å². The zero-order valence-electron chi connectivity index (χ0n) is 12.2. The molecular formula is C14H16ClN5O2. The second kappa shape index (κ2) is 5.49. The zero-order chi connectivity index (χ0) is 15.9. The normalized spacial score (nSPS) is 26.0. The van der Waals surface area contributed by atoms with Crippen molar-refractivity contribution >= 4 is 29.5 Å². The van der Waals surface area contributed by atoms with E-state index in [0.29, 0.717) is 17.5 Å². The zero-order valence-corrected chi connectivity index (χ0v) is 13.0. The number of urea groups is 1. The van der Waals surface area contributed by atoms with E-state index in [0.717, 1.165) is 5.56 Å². The summed E-state index contributed by atoms with van der Waals surface area (Å²) in [7, 11) is 3.28. The largest absolute Gasteiger partial charge is 0.334 e. The lowest BCUT2D eigenvalue weighted by molar-refractivity contribution is -0.127. The van der Waals surface area contributed by atoms with Crippen LogP contribution < -0.4 is 10.6 Å². The molecule has 2 aliphatic rings. The minimum Gasteiger partial charge on any atom is -0.334 e. The number of hydrogen-bond acceptors (Lipinski definition) is 3. The van der Waals surface area contributed by atoms with Gasteiger partial charge in [0.05, 0.1) is 0 Å². The van der Waals surface area contributed by atoms with Crippen LogP contribution in [-0.2, 0) is 11.3 Å². The number of rotatable bonds is 2. The van der Waals surface area contributed by atoms with Crippen LogP contribution in [0.4, 0.5) is 4.79 Å². The average molecular weight is 322 g/mol. The fourth-order valence-corrected chi connectivity index (χ4v) is 2.96. The van der Waals surface area contributed by atoms with Gasteiger partial charge in [-0.1, -0.05) is 29.8 Å². The molecule has 1 aromatic rings. The van der Waals surface area contributed by atoms with Crippen molar-refractivity contribution in [3.63, 3.8) is 0 Å². The van der Waals surface area contributed by atoms with E-state index in [1.54, 1.807) is 20.2 Å². The number of nitrogens with zero attached hydrogens (tertiary/aromatic N) is 3. The number of halogens is 1. The lowest BCUT2D eigenvalue weighted by Gasteiger charge is -2.35. The molecule has 2 N–H and O–H groups in total. The molecule has 1 aromatic carbocycles. The van der Waals surface area contributed by atoms with E-state index < -0.39 is 18.2 Å². The first-order valence-electron chi connectivity index (χ1n) is 6.84. The molecule has 22 heavy (non-hydrogen) atoms. The third-order valence-electron chi connectivity index (χ3n) is 3.93. The molecule has 3 rings (SSSR count). The first kappa shape index (κ1) is 14.6. The number of hydrogen-bond donors (Lipinski definition) is 2. The molecule has 2 saturated heterocycles. The lowest BCUT2D eigenvalue weighted by atomic mass is 10.1. The van der Waals surface area contributed by atoms with E-state index in [-0.39, 0.29) is 5.91 Å². The van der Waals surface area contributed by atoms with Crippen LogP contribution in [0.25, 0.3) is 0 Å². The van der Waals surface area contributed by atoms with Crippen LogP contribution in [0, 0.1) is 0 Å². The third-order valence-corrected chi connectivity index (χ3v) is 4.30. The van der Waals surface area contributed by atoms with Crippen molar-refractivity contribution in [1.29, 1.82) is 0 Å². The molecule has 3 amide bonds. The van der Waals surface area contributed by atoms with E-state index in [9.17, 15) is 9.59 Å². The van der Waals surface area contributed by atoms with Crippen LogP contribution in [0.1, 0.15) is 5.56 Å². The molecule has 0 aliphatic carbocycles. The van der Waals surface area contributed by atoms with Gasteiger partial charge in [-0.3, -0.25) is 15.1 Å². The van der Waals surface area contributed by atoms with Gasteiger partial charge in [-0.2, -0.15) is 0 Å². The molecule has 0 aromatic heterocycles. The average Bonchev–Trinajstić information content (AvgIpc) is 2.86. The van der Waals surface area contributed by atoms with E-state index in [2.05, 4.69) is 15.6 Å². The maximum Gasteiger partial charge on any atom is 0.325 e. The Kier molecular flexibility index (Phi) is 3.66. The Labute approximate surface area is 132 Å². The summed E-state index contributed by atoms with van der Waals surface area (Å²) >= 11 is 6.20. The summed E-state index contributed by atoms with van der Waals surface area (Å²) in [5.74, 6) is 0.220. The predicted molar refractivity (Wildman–Crippen MR) is 82.4 cm³/mol. The number of nitrogens with one attached hydrogen (secondary N) is 2. The first-order valence-corrected chi connectivity index (χ1v) is 7.21. The van der Waals surface area contributed by atoms with Crippen molar-refractivity contribution in [2.24, 2.45) is 4.99 Å². The fraction of sp³-hybridized carbons (Fsp3) is 0.357. The van der Waals surface area contributed by atoms with E-state index in [4.69, 9.17) is 11.6 Å². The summed E-state index contributed by atoms with van der Waals surface area (Å²) in [5, 5.41) is 6.10. The maximum absolute atomic E-state index is 12.3. The topological polar surface area (TPSA) is 77.0 Å². The quantitative estimate of drug-likeness (QED) is 0.836. The Bertz CT molecular complexity index is 662.